The van der Waals surface area contributed by atoms with E-state index in [-0.39, 0.29) is 0 Å². The van der Waals surface area contributed by atoms with Crippen molar-refractivity contribution < 1.29 is 0 Å². The Balaban J connectivity index is 1.59. The maximum Gasteiger partial charge on any atom is 0.0694 e. The summed E-state index contributed by atoms with van der Waals surface area (Å²) in [5, 5.41) is 3.49. The first kappa shape index (κ1) is 17.9. The van der Waals surface area contributed by atoms with Crippen LogP contribution < -0.4 is 10.2 Å². The van der Waals surface area contributed by atoms with Gasteiger partial charge in [-0.1, -0.05) is 12.1 Å². The van der Waals surface area contributed by atoms with Gasteiger partial charge in [0.15, 0.2) is 0 Å². The van der Waals surface area contributed by atoms with E-state index in [1.807, 2.05) is 18.5 Å². The molecule has 1 fully saturated rings. The van der Waals surface area contributed by atoms with Crippen LogP contribution in [-0.4, -0.2) is 43.4 Å². The molecule has 0 radical (unpaired) electrons. The van der Waals surface area contributed by atoms with Gasteiger partial charge in [0.1, 0.15) is 0 Å². The third-order valence-corrected chi connectivity index (χ3v) is 5.25. The lowest BCUT2D eigenvalue weighted by Gasteiger charge is -2.27. The van der Waals surface area contributed by atoms with Gasteiger partial charge in [0, 0.05) is 43.3 Å². The number of rotatable bonds is 3. The fraction of sp³-hybridized carbons (Fsp3) is 0.391. The summed E-state index contributed by atoms with van der Waals surface area (Å²) in [6.45, 7) is 5.38. The van der Waals surface area contributed by atoms with Crippen molar-refractivity contribution >= 4 is 17.5 Å². The van der Waals surface area contributed by atoms with Gasteiger partial charge in [0.2, 0.25) is 0 Å². The molecule has 2 aromatic rings. The van der Waals surface area contributed by atoms with Crippen molar-refractivity contribution in [2.75, 3.05) is 37.6 Å². The first-order chi connectivity index (χ1) is 13.4. The standard InChI is InChI=1S/C23H28N4/c1-6-19(17-22(9-1)27-14-4-11-24-12-5-15-27)16-20-7-3-13-26-23(20)21-8-2-10-25-18-21/h1-2,6,8-10,16-18,24H,3-5,7,11-15H2/b20-16+. The Morgan fingerprint density at radius 1 is 1.00 bits per heavy atom. The van der Waals surface area contributed by atoms with Crippen LogP contribution in [0.2, 0.25) is 0 Å². The second kappa shape index (κ2) is 8.96. The average molecular weight is 361 g/mol. The zero-order chi connectivity index (χ0) is 18.3. The fourth-order valence-electron chi connectivity index (χ4n) is 3.90. The second-order valence-electron chi connectivity index (χ2n) is 7.28. The highest BCUT2D eigenvalue weighted by Gasteiger charge is 2.15. The van der Waals surface area contributed by atoms with E-state index in [1.165, 1.54) is 29.7 Å². The van der Waals surface area contributed by atoms with Crippen molar-refractivity contribution in [3.8, 4) is 0 Å². The van der Waals surface area contributed by atoms with Crippen molar-refractivity contribution in [2.24, 2.45) is 4.99 Å². The van der Waals surface area contributed by atoms with E-state index in [2.05, 4.69) is 51.6 Å². The Morgan fingerprint density at radius 3 is 2.70 bits per heavy atom. The molecular weight excluding hydrogens is 332 g/mol. The molecule has 1 N–H and O–H groups in total. The minimum atomic E-state index is 0.906. The maximum absolute atomic E-state index is 4.80. The number of hydrogen-bond donors (Lipinski definition) is 1. The van der Waals surface area contributed by atoms with Gasteiger partial charge in [-0.15, -0.1) is 0 Å². The molecule has 0 unspecified atom stereocenters. The Morgan fingerprint density at radius 2 is 1.89 bits per heavy atom. The summed E-state index contributed by atoms with van der Waals surface area (Å²) in [5.74, 6) is 0. The first-order valence-electron chi connectivity index (χ1n) is 10.1. The number of nitrogens with one attached hydrogen (secondary N) is 1. The Hall–Kier alpha value is -2.46. The number of pyridine rings is 1. The lowest BCUT2D eigenvalue weighted by atomic mass is 9.95. The number of nitrogens with zero attached hydrogens (tertiary/aromatic N) is 3. The summed E-state index contributed by atoms with van der Waals surface area (Å²) < 4.78 is 0. The molecular formula is C23H28N4. The van der Waals surface area contributed by atoms with Gasteiger partial charge in [-0.05, 0) is 80.3 Å². The molecule has 0 saturated carbocycles. The molecule has 4 heteroatoms. The third kappa shape index (κ3) is 4.64. The predicted molar refractivity (Wildman–Crippen MR) is 114 cm³/mol. The molecule has 3 heterocycles. The van der Waals surface area contributed by atoms with Gasteiger partial charge >= 0.3 is 0 Å². The van der Waals surface area contributed by atoms with Crippen LogP contribution in [0.1, 0.15) is 36.8 Å². The molecule has 0 spiro atoms. The van der Waals surface area contributed by atoms with Gasteiger partial charge in [0.25, 0.3) is 0 Å². The molecule has 1 aromatic heterocycles. The van der Waals surface area contributed by atoms with E-state index < -0.39 is 0 Å². The third-order valence-electron chi connectivity index (χ3n) is 5.25. The van der Waals surface area contributed by atoms with Gasteiger partial charge in [0.05, 0.1) is 5.71 Å². The van der Waals surface area contributed by atoms with Crippen LogP contribution in [-0.2, 0) is 0 Å². The maximum atomic E-state index is 4.80. The highest BCUT2D eigenvalue weighted by Crippen LogP contribution is 2.24. The lowest BCUT2D eigenvalue weighted by Crippen LogP contribution is -2.33. The molecule has 0 bridgehead atoms. The Kier molecular flexibility index (Phi) is 5.95. The molecule has 27 heavy (non-hydrogen) atoms. The summed E-state index contributed by atoms with van der Waals surface area (Å²) in [5.41, 5.74) is 6.15. The average Bonchev–Trinajstić information content (AvgIpc) is 2.69. The quantitative estimate of drug-likeness (QED) is 0.901. The van der Waals surface area contributed by atoms with E-state index >= 15 is 0 Å². The van der Waals surface area contributed by atoms with E-state index in [0.29, 0.717) is 0 Å². The topological polar surface area (TPSA) is 40.5 Å². The monoisotopic (exact) mass is 360 g/mol. The SMILES string of the molecule is C(=C1/CCCN=C1c1cccnc1)/c1cccc(N2CCCNCCC2)c1. The van der Waals surface area contributed by atoms with Crippen molar-refractivity contribution in [3.05, 3.63) is 65.5 Å². The summed E-state index contributed by atoms with van der Waals surface area (Å²) >= 11 is 0. The molecule has 2 aliphatic heterocycles. The highest BCUT2D eigenvalue weighted by atomic mass is 15.1. The van der Waals surface area contributed by atoms with Crippen LogP contribution in [0, 0.1) is 0 Å². The number of anilines is 1. The number of aromatic nitrogens is 1. The number of aliphatic imine (C=N–C) groups is 1. The first-order valence-corrected chi connectivity index (χ1v) is 10.1. The smallest absolute Gasteiger partial charge is 0.0694 e. The molecule has 0 amide bonds. The van der Waals surface area contributed by atoms with Gasteiger partial charge in [-0.2, -0.15) is 0 Å². The van der Waals surface area contributed by atoms with Crippen LogP contribution >= 0.6 is 0 Å². The van der Waals surface area contributed by atoms with Crippen LogP contribution in [0.15, 0.2) is 59.4 Å². The summed E-state index contributed by atoms with van der Waals surface area (Å²) in [4.78, 5) is 11.6. The number of benzene rings is 1. The largest absolute Gasteiger partial charge is 0.371 e. The molecule has 140 valence electrons. The fourth-order valence-corrected chi connectivity index (χ4v) is 3.90. The Labute approximate surface area is 162 Å². The van der Waals surface area contributed by atoms with Gasteiger partial charge < -0.3 is 10.2 Å². The summed E-state index contributed by atoms with van der Waals surface area (Å²) in [7, 11) is 0. The van der Waals surface area contributed by atoms with Crippen molar-refractivity contribution in [1.29, 1.82) is 0 Å². The van der Waals surface area contributed by atoms with Crippen LogP contribution in [0.25, 0.3) is 6.08 Å². The van der Waals surface area contributed by atoms with E-state index in [9.17, 15) is 0 Å². The van der Waals surface area contributed by atoms with Crippen molar-refractivity contribution in [1.82, 2.24) is 10.3 Å². The molecule has 0 atom stereocenters. The molecule has 4 rings (SSSR count). The number of hydrogen-bond acceptors (Lipinski definition) is 4. The van der Waals surface area contributed by atoms with Crippen LogP contribution in [0.4, 0.5) is 5.69 Å². The van der Waals surface area contributed by atoms with Gasteiger partial charge in [-0.25, -0.2) is 0 Å². The summed E-state index contributed by atoms with van der Waals surface area (Å²) in [6, 6.07) is 13.1. The second-order valence-corrected chi connectivity index (χ2v) is 7.28. The van der Waals surface area contributed by atoms with Gasteiger partial charge in [-0.3, -0.25) is 9.98 Å². The molecule has 2 aliphatic rings. The molecule has 0 aliphatic carbocycles. The minimum Gasteiger partial charge on any atom is -0.371 e. The summed E-state index contributed by atoms with van der Waals surface area (Å²) in [6.07, 6.45) is 10.6. The van der Waals surface area contributed by atoms with E-state index in [0.717, 1.165) is 56.8 Å². The highest BCUT2D eigenvalue weighted by molar-refractivity contribution is 6.15. The lowest BCUT2D eigenvalue weighted by molar-refractivity contribution is 0.567. The molecule has 4 nitrogen and oxygen atoms in total. The number of allylic oxidation sites excluding steroid dienone is 1. The zero-order valence-corrected chi connectivity index (χ0v) is 15.9. The normalized spacial score (nSPS) is 20.1. The van der Waals surface area contributed by atoms with Crippen molar-refractivity contribution in [2.45, 2.75) is 25.7 Å². The van der Waals surface area contributed by atoms with E-state index in [1.54, 1.807) is 0 Å². The molecule has 1 saturated heterocycles. The van der Waals surface area contributed by atoms with Crippen LogP contribution in [0.5, 0.6) is 0 Å². The van der Waals surface area contributed by atoms with Crippen molar-refractivity contribution in [3.63, 3.8) is 0 Å². The zero-order valence-electron chi connectivity index (χ0n) is 15.9. The Bertz CT molecular complexity index is 802. The minimum absolute atomic E-state index is 0.906. The van der Waals surface area contributed by atoms with Crippen LogP contribution in [0.3, 0.4) is 0 Å². The van der Waals surface area contributed by atoms with E-state index in [4.69, 9.17) is 4.99 Å². The predicted octanol–water partition coefficient (Wildman–Crippen LogP) is 3.94. The molecule has 1 aromatic carbocycles.